The molecule has 1 aromatic heterocycles. The monoisotopic (exact) mass is 427 g/mol. The number of aromatic nitrogens is 2. The summed E-state index contributed by atoms with van der Waals surface area (Å²) in [5.74, 6) is 2.09. The minimum absolute atomic E-state index is 0.127. The van der Waals surface area contributed by atoms with Crippen molar-refractivity contribution in [2.24, 2.45) is 4.99 Å². The van der Waals surface area contributed by atoms with Gasteiger partial charge in [-0.15, -0.1) is 0 Å². The summed E-state index contributed by atoms with van der Waals surface area (Å²) in [6.45, 7) is 6.14. The topological polar surface area (TPSA) is 94.6 Å². The molecule has 1 aromatic carbocycles. The highest BCUT2D eigenvalue weighted by Crippen LogP contribution is 2.37. The fourth-order valence-electron chi connectivity index (χ4n) is 3.75. The molecular weight excluding hydrogens is 402 g/mol. The maximum Gasteiger partial charge on any atom is 0.224 e. The predicted molar refractivity (Wildman–Crippen MR) is 119 cm³/mol. The standard InChI is InChI=1S/C22H26ClN5O2/c1-14(25-9-7-15-5-6-18-16(12-15)8-11-30-18)29-10-3-2-4-17-13-26-20-19(17)27-22(23)28-21(20)24/h5-6,12-13,17,25H,1-4,7-11H2,(H2,24,27,28). The Bertz CT molecular complexity index is 963. The van der Waals surface area contributed by atoms with Crippen molar-refractivity contribution in [2.45, 2.75) is 38.0 Å². The lowest BCUT2D eigenvalue weighted by Crippen LogP contribution is -2.18. The van der Waals surface area contributed by atoms with Crippen LogP contribution in [0, 0.1) is 0 Å². The number of nitrogens with two attached hydrogens (primary N) is 1. The Kier molecular flexibility index (Phi) is 6.38. The first-order valence-corrected chi connectivity index (χ1v) is 10.6. The lowest BCUT2D eigenvalue weighted by atomic mass is 10.0. The molecule has 7 nitrogen and oxygen atoms in total. The lowest BCUT2D eigenvalue weighted by Gasteiger charge is -2.13. The Morgan fingerprint density at radius 3 is 3.13 bits per heavy atom. The van der Waals surface area contributed by atoms with Gasteiger partial charge in [-0.1, -0.05) is 12.1 Å². The van der Waals surface area contributed by atoms with Gasteiger partial charge in [0.1, 0.15) is 11.4 Å². The number of fused-ring (bicyclic) bond motifs is 2. The molecule has 0 fully saturated rings. The van der Waals surface area contributed by atoms with Crippen LogP contribution >= 0.6 is 11.6 Å². The van der Waals surface area contributed by atoms with Gasteiger partial charge in [0.25, 0.3) is 0 Å². The zero-order valence-corrected chi connectivity index (χ0v) is 17.6. The minimum Gasteiger partial charge on any atom is -0.493 e. The Labute approximate surface area is 181 Å². The summed E-state index contributed by atoms with van der Waals surface area (Å²) in [7, 11) is 0. The molecule has 158 valence electrons. The first kappa shape index (κ1) is 20.5. The highest BCUT2D eigenvalue weighted by molar-refractivity contribution is 6.28. The van der Waals surface area contributed by atoms with E-state index in [2.05, 4.69) is 45.1 Å². The molecule has 2 aliphatic heterocycles. The van der Waals surface area contributed by atoms with Crippen LogP contribution in [0.2, 0.25) is 5.28 Å². The summed E-state index contributed by atoms with van der Waals surface area (Å²) in [6, 6.07) is 6.40. The zero-order valence-electron chi connectivity index (χ0n) is 16.9. The second kappa shape index (κ2) is 9.34. The van der Waals surface area contributed by atoms with Crippen LogP contribution in [0.15, 0.2) is 35.7 Å². The lowest BCUT2D eigenvalue weighted by molar-refractivity contribution is 0.186. The number of rotatable bonds is 10. The maximum atomic E-state index is 5.92. The van der Waals surface area contributed by atoms with Crippen LogP contribution in [0.3, 0.4) is 0 Å². The molecule has 0 saturated carbocycles. The number of hydrogen-bond acceptors (Lipinski definition) is 7. The van der Waals surface area contributed by atoms with Crippen LogP contribution in [0.5, 0.6) is 5.75 Å². The third-order valence-corrected chi connectivity index (χ3v) is 5.49. The van der Waals surface area contributed by atoms with E-state index in [1.54, 1.807) is 0 Å². The van der Waals surface area contributed by atoms with E-state index in [0.717, 1.165) is 56.7 Å². The number of nitrogen functional groups attached to an aromatic ring is 1. The third-order valence-electron chi connectivity index (χ3n) is 5.32. The fourth-order valence-corrected chi connectivity index (χ4v) is 3.93. The molecule has 30 heavy (non-hydrogen) atoms. The second-order valence-corrected chi connectivity index (χ2v) is 7.82. The molecule has 0 spiro atoms. The molecule has 4 rings (SSSR count). The molecule has 2 aliphatic rings. The van der Waals surface area contributed by atoms with Crippen molar-refractivity contribution < 1.29 is 9.47 Å². The van der Waals surface area contributed by atoms with E-state index in [0.29, 0.717) is 24.0 Å². The van der Waals surface area contributed by atoms with E-state index < -0.39 is 0 Å². The van der Waals surface area contributed by atoms with Gasteiger partial charge in [-0.2, -0.15) is 4.98 Å². The van der Waals surface area contributed by atoms with E-state index >= 15 is 0 Å². The molecule has 1 unspecified atom stereocenters. The first-order chi connectivity index (χ1) is 14.6. The molecule has 1 atom stereocenters. The SMILES string of the molecule is C=C(NCCc1ccc2c(c1)CCO2)OCCCCC1C=Nc2c(N)nc(Cl)nc21. The van der Waals surface area contributed by atoms with E-state index in [1.165, 1.54) is 11.1 Å². The van der Waals surface area contributed by atoms with Gasteiger partial charge in [0.05, 0.1) is 18.9 Å². The number of anilines is 1. The van der Waals surface area contributed by atoms with Crippen molar-refractivity contribution in [3.05, 3.63) is 52.8 Å². The van der Waals surface area contributed by atoms with E-state index in [1.807, 2.05) is 6.21 Å². The van der Waals surface area contributed by atoms with Gasteiger partial charge >= 0.3 is 0 Å². The van der Waals surface area contributed by atoms with Crippen LogP contribution in [-0.4, -0.2) is 35.9 Å². The van der Waals surface area contributed by atoms with E-state index in [9.17, 15) is 0 Å². The van der Waals surface area contributed by atoms with Crippen LogP contribution < -0.4 is 15.8 Å². The maximum absolute atomic E-state index is 5.92. The normalized spacial score (nSPS) is 16.1. The number of ether oxygens (including phenoxy) is 2. The Morgan fingerprint density at radius 2 is 2.23 bits per heavy atom. The number of aliphatic imine (C=N–C) groups is 1. The number of nitrogens with zero attached hydrogens (tertiary/aromatic N) is 3. The Balaban J connectivity index is 1.11. The summed E-state index contributed by atoms with van der Waals surface area (Å²) in [6.07, 6.45) is 6.59. The summed E-state index contributed by atoms with van der Waals surface area (Å²) in [5, 5.41) is 3.41. The first-order valence-electron chi connectivity index (χ1n) is 10.3. The number of hydrogen-bond donors (Lipinski definition) is 2. The van der Waals surface area contributed by atoms with E-state index in [-0.39, 0.29) is 11.2 Å². The third kappa shape index (κ3) is 4.84. The molecular formula is C22H26ClN5O2. The van der Waals surface area contributed by atoms with Crippen molar-refractivity contribution >= 4 is 29.3 Å². The number of halogens is 1. The fraction of sp³-hybridized carbons (Fsp3) is 0.409. The average Bonchev–Trinajstić information content (AvgIpc) is 3.34. The van der Waals surface area contributed by atoms with Crippen LogP contribution in [0.4, 0.5) is 11.5 Å². The summed E-state index contributed by atoms with van der Waals surface area (Å²) >= 11 is 5.92. The van der Waals surface area contributed by atoms with Gasteiger partial charge in [0.15, 0.2) is 11.7 Å². The molecule has 0 amide bonds. The van der Waals surface area contributed by atoms with Crippen LogP contribution in [0.25, 0.3) is 0 Å². The van der Waals surface area contributed by atoms with Gasteiger partial charge in [0.2, 0.25) is 5.28 Å². The van der Waals surface area contributed by atoms with Gasteiger partial charge in [-0.3, -0.25) is 4.99 Å². The van der Waals surface area contributed by atoms with Crippen molar-refractivity contribution in [3.8, 4) is 5.75 Å². The van der Waals surface area contributed by atoms with Crippen molar-refractivity contribution in [1.82, 2.24) is 15.3 Å². The van der Waals surface area contributed by atoms with Gasteiger partial charge in [-0.25, -0.2) is 4.98 Å². The van der Waals surface area contributed by atoms with Crippen molar-refractivity contribution in [1.29, 1.82) is 0 Å². The van der Waals surface area contributed by atoms with Gasteiger partial charge < -0.3 is 20.5 Å². The molecule has 2 aromatic rings. The number of unbranched alkanes of at least 4 members (excludes halogenated alkanes) is 1. The van der Waals surface area contributed by atoms with Crippen molar-refractivity contribution in [2.75, 3.05) is 25.5 Å². The Morgan fingerprint density at radius 1 is 1.33 bits per heavy atom. The summed E-state index contributed by atoms with van der Waals surface area (Å²) in [4.78, 5) is 12.6. The molecule has 3 N–H and O–H groups in total. The summed E-state index contributed by atoms with van der Waals surface area (Å²) < 4.78 is 11.2. The van der Waals surface area contributed by atoms with Gasteiger partial charge in [0, 0.05) is 25.1 Å². The number of nitrogens with one attached hydrogen (secondary N) is 1. The number of benzene rings is 1. The predicted octanol–water partition coefficient (Wildman–Crippen LogP) is 3.94. The highest BCUT2D eigenvalue weighted by Gasteiger charge is 2.23. The molecule has 3 heterocycles. The Hall–Kier alpha value is -2.80. The largest absolute Gasteiger partial charge is 0.493 e. The van der Waals surface area contributed by atoms with Crippen LogP contribution in [-0.2, 0) is 17.6 Å². The van der Waals surface area contributed by atoms with Crippen LogP contribution in [0.1, 0.15) is 42.0 Å². The second-order valence-electron chi connectivity index (χ2n) is 7.48. The molecule has 0 bridgehead atoms. The summed E-state index contributed by atoms with van der Waals surface area (Å²) in [5.41, 5.74) is 9.91. The molecule has 0 aliphatic carbocycles. The smallest absolute Gasteiger partial charge is 0.224 e. The molecule has 8 heteroatoms. The van der Waals surface area contributed by atoms with Crippen molar-refractivity contribution in [3.63, 3.8) is 0 Å². The average molecular weight is 428 g/mol. The highest BCUT2D eigenvalue weighted by atomic mass is 35.5. The molecule has 0 saturated heterocycles. The molecule has 0 radical (unpaired) electrons. The zero-order chi connectivity index (χ0) is 20.9. The quantitative estimate of drug-likeness (QED) is 0.339. The van der Waals surface area contributed by atoms with E-state index in [4.69, 9.17) is 26.8 Å². The minimum atomic E-state index is 0.127. The van der Waals surface area contributed by atoms with Gasteiger partial charge in [-0.05, 0) is 61.1 Å².